The number of nitrogens with one attached hydrogen (secondary N) is 1. The highest BCUT2D eigenvalue weighted by molar-refractivity contribution is 7.18. The van der Waals surface area contributed by atoms with Crippen LogP contribution in [0.2, 0.25) is 9.36 Å². The fourth-order valence-corrected chi connectivity index (χ4v) is 2.53. The highest BCUT2D eigenvalue weighted by Crippen LogP contribution is 2.32. The van der Waals surface area contributed by atoms with Crippen LogP contribution in [0.5, 0.6) is 0 Å². The van der Waals surface area contributed by atoms with Crippen molar-refractivity contribution >= 4 is 46.4 Å². The number of amides is 1. The molecule has 0 aliphatic heterocycles. The maximum atomic E-state index is 12.9. The van der Waals surface area contributed by atoms with Crippen LogP contribution in [0.4, 0.5) is 8.78 Å². The first-order valence-corrected chi connectivity index (χ1v) is 6.50. The Kier molecular flexibility index (Phi) is 5.11. The fraction of sp³-hybridized carbons (Fsp3) is 0.400. The van der Waals surface area contributed by atoms with Gasteiger partial charge in [0.25, 0.3) is 12.3 Å². The van der Waals surface area contributed by atoms with Gasteiger partial charge in [-0.3, -0.25) is 9.59 Å². The van der Waals surface area contributed by atoms with Crippen molar-refractivity contribution in [3.63, 3.8) is 0 Å². The SMILES string of the molecule is CC(CC(=O)O)(NC(=O)c1cc(Cl)c(Cl)s1)C(F)F. The van der Waals surface area contributed by atoms with Gasteiger partial charge in [-0.15, -0.1) is 11.3 Å². The molecule has 1 aromatic heterocycles. The van der Waals surface area contributed by atoms with Gasteiger partial charge in [0.15, 0.2) is 0 Å². The van der Waals surface area contributed by atoms with Gasteiger partial charge in [-0.25, -0.2) is 8.78 Å². The molecule has 0 radical (unpaired) electrons. The number of rotatable bonds is 5. The maximum absolute atomic E-state index is 12.9. The van der Waals surface area contributed by atoms with Crippen LogP contribution in [0.3, 0.4) is 0 Å². The molecular formula is C10H9Cl2F2NO3S. The van der Waals surface area contributed by atoms with Gasteiger partial charge >= 0.3 is 5.97 Å². The number of carboxylic acid groups (broad SMARTS) is 1. The lowest BCUT2D eigenvalue weighted by molar-refractivity contribution is -0.140. The second kappa shape index (κ2) is 6.02. The summed E-state index contributed by atoms with van der Waals surface area (Å²) in [6.07, 6.45) is -3.93. The first kappa shape index (κ1) is 16.1. The molecule has 0 aromatic carbocycles. The normalized spacial score (nSPS) is 14.2. The van der Waals surface area contributed by atoms with E-state index in [1.807, 2.05) is 5.32 Å². The van der Waals surface area contributed by atoms with Crippen LogP contribution in [-0.4, -0.2) is 28.9 Å². The van der Waals surface area contributed by atoms with Crippen molar-refractivity contribution in [1.82, 2.24) is 5.32 Å². The number of halogens is 4. The van der Waals surface area contributed by atoms with Gasteiger partial charge in [0.2, 0.25) is 0 Å². The van der Waals surface area contributed by atoms with Crippen molar-refractivity contribution in [2.24, 2.45) is 0 Å². The highest BCUT2D eigenvalue weighted by atomic mass is 35.5. The van der Waals surface area contributed by atoms with E-state index in [1.54, 1.807) is 0 Å². The largest absolute Gasteiger partial charge is 0.481 e. The molecule has 1 atom stereocenters. The minimum Gasteiger partial charge on any atom is -0.481 e. The van der Waals surface area contributed by atoms with Crippen molar-refractivity contribution in [1.29, 1.82) is 0 Å². The average Bonchev–Trinajstić information content (AvgIpc) is 2.57. The number of carboxylic acids is 1. The second-order valence-corrected chi connectivity index (χ2v) is 6.04. The number of carbonyl (C=O) groups is 2. The van der Waals surface area contributed by atoms with Crippen molar-refractivity contribution in [2.45, 2.75) is 25.3 Å². The molecule has 1 heterocycles. The third kappa shape index (κ3) is 4.02. The van der Waals surface area contributed by atoms with Crippen LogP contribution < -0.4 is 5.32 Å². The molecule has 1 unspecified atom stereocenters. The van der Waals surface area contributed by atoms with Crippen molar-refractivity contribution in [3.8, 4) is 0 Å². The Labute approximate surface area is 121 Å². The molecule has 1 rings (SSSR count). The Morgan fingerprint density at radius 1 is 1.53 bits per heavy atom. The van der Waals surface area contributed by atoms with E-state index in [2.05, 4.69) is 0 Å². The standard InChI is InChI=1S/C10H9Cl2F2NO3S/c1-10(9(13)14,3-6(16)17)15-8(18)5-2-4(11)7(12)19-5/h2,9H,3H2,1H3,(H,15,18)(H,16,17). The van der Waals surface area contributed by atoms with Gasteiger partial charge in [-0.2, -0.15) is 0 Å². The van der Waals surface area contributed by atoms with E-state index < -0.39 is 30.3 Å². The zero-order valence-electron chi connectivity index (χ0n) is 9.55. The molecule has 0 aliphatic carbocycles. The second-order valence-electron chi connectivity index (χ2n) is 3.98. The lowest BCUT2D eigenvalue weighted by atomic mass is 9.98. The quantitative estimate of drug-likeness (QED) is 0.870. The number of aliphatic carboxylic acids is 1. The summed E-state index contributed by atoms with van der Waals surface area (Å²) in [5, 5.41) is 10.7. The van der Waals surface area contributed by atoms with Crippen LogP contribution >= 0.6 is 34.5 Å². The Morgan fingerprint density at radius 3 is 2.47 bits per heavy atom. The molecule has 106 valence electrons. The molecule has 1 aromatic rings. The van der Waals surface area contributed by atoms with Crippen LogP contribution in [-0.2, 0) is 4.79 Å². The van der Waals surface area contributed by atoms with Crippen molar-refractivity contribution in [3.05, 3.63) is 20.3 Å². The van der Waals surface area contributed by atoms with Crippen molar-refractivity contribution in [2.75, 3.05) is 0 Å². The molecular weight excluding hydrogens is 323 g/mol. The predicted molar refractivity (Wildman–Crippen MR) is 68.5 cm³/mol. The summed E-state index contributed by atoms with van der Waals surface area (Å²) in [6, 6.07) is 1.23. The predicted octanol–water partition coefficient (Wildman–Crippen LogP) is 3.28. The Bertz CT molecular complexity index is 489. The van der Waals surface area contributed by atoms with E-state index in [0.29, 0.717) is 0 Å². The van der Waals surface area contributed by atoms with E-state index in [9.17, 15) is 18.4 Å². The summed E-state index contributed by atoms with van der Waals surface area (Å²) < 4.78 is 25.9. The molecule has 2 N–H and O–H groups in total. The molecule has 0 aliphatic rings. The molecule has 1 amide bonds. The van der Waals surface area contributed by atoms with Crippen molar-refractivity contribution < 1.29 is 23.5 Å². The summed E-state index contributed by atoms with van der Waals surface area (Å²) in [4.78, 5) is 22.4. The average molecular weight is 332 g/mol. The third-order valence-corrected chi connectivity index (χ3v) is 4.13. The van der Waals surface area contributed by atoms with Gasteiger partial charge in [0.05, 0.1) is 16.3 Å². The van der Waals surface area contributed by atoms with E-state index in [-0.39, 0.29) is 14.2 Å². The number of carbonyl (C=O) groups excluding carboxylic acids is 1. The van der Waals surface area contributed by atoms with Gasteiger partial charge in [-0.1, -0.05) is 23.2 Å². The van der Waals surface area contributed by atoms with Crippen LogP contribution in [0.25, 0.3) is 0 Å². The number of hydrogen-bond donors (Lipinski definition) is 2. The number of hydrogen-bond acceptors (Lipinski definition) is 3. The Hall–Kier alpha value is -0.920. The minimum atomic E-state index is -3.03. The lowest BCUT2D eigenvalue weighted by Gasteiger charge is -2.27. The molecule has 19 heavy (non-hydrogen) atoms. The third-order valence-electron chi connectivity index (χ3n) is 2.27. The first-order chi connectivity index (χ1) is 8.65. The zero-order valence-corrected chi connectivity index (χ0v) is 11.9. The number of thiophene rings is 1. The molecule has 0 fully saturated rings. The van der Waals surface area contributed by atoms with E-state index >= 15 is 0 Å². The van der Waals surface area contributed by atoms with Crippen LogP contribution in [0.1, 0.15) is 23.0 Å². The molecule has 0 saturated heterocycles. The summed E-state index contributed by atoms with van der Waals surface area (Å²) in [5.74, 6) is -2.28. The lowest BCUT2D eigenvalue weighted by Crippen LogP contribution is -2.52. The van der Waals surface area contributed by atoms with Gasteiger partial charge < -0.3 is 10.4 Å². The Morgan fingerprint density at radius 2 is 2.11 bits per heavy atom. The van der Waals surface area contributed by atoms with Crippen LogP contribution in [0, 0.1) is 0 Å². The molecule has 0 saturated carbocycles. The minimum absolute atomic E-state index is 0.0345. The Balaban J connectivity index is 2.91. The monoisotopic (exact) mass is 331 g/mol. The molecule has 9 heteroatoms. The molecule has 0 spiro atoms. The van der Waals surface area contributed by atoms with E-state index in [4.69, 9.17) is 28.3 Å². The highest BCUT2D eigenvalue weighted by Gasteiger charge is 2.39. The van der Waals surface area contributed by atoms with Crippen LogP contribution in [0.15, 0.2) is 6.07 Å². The summed E-state index contributed by atoms with van der Waals surface area (Å²) in [5.41, 5.74) is -2.16. The smallest absolute Gasteiger partial charge is 0.305 e. The number of alkyl halides is 2. The first-order valence-electron chi connectivity index (χ1n) is 4.93. The summed E-state index contributed by atoms with van der Waals surface area (Å²) in [7, 11) is 0. The molecule has 0 bridgehead atoms. The summed E-state index contributed by atoms with van der Waals surface area (Å²) in [6.45, 7) is 0.959. The summed E-state index contributed by atoms with van der Waals surface area (Å²) >= 11 is 12.1. The maximum Gasteiger partial charge on any atom is 0.305 e. The van der Waals surface area contributed by atoms with E-state index in [1.165, 1.54) is 6.07 Å². The van der Waals surface area contributed by atoms with E-state index in [0.717, 1.165) is 18.3 Å². The zero-order chi connectivity index (χ0) is 14.8. The fourth-order valence-electron chi connectivity index (χ4n) is 1.27. The van der Waals surface area contributed by atoms with Gasteiger partial charge in [-0.05, 0) is 13.0 Å². The topological polar surface area (TPSA) is 66.4 Å². The van der Waals surface area contributed by atoms with Gasteiger partial charge in [0.1, 0.15) is 9.88 Å². The molecule has 4 nitrogen and oxygen atoms in total. The van der Waals surface area contributed by atoms with Gasteiger partial charge in [0, 0.05) is 0 Å².